The van der Waals surface area contributed by atoms with Crippen LogP contribution in [-0.2, 0) is 27.5 Å². The van der Waals surface area contributed by atoms with Crippen LogP contribution in [-0.4, -0.2) is 32.3 Å². The summed E-state index contributed by atoms with van der Waals surface area (Å²) in [6.45, 7) is 3.19. The molecule has 2 rings (SSSR count). The van der Waals surface area contributed by atoms with Gasteiger partial charge in [-0.2, -0.15) is 17.9 Å². The number of carbonyl (C=O) groups excluding carboxylic acids is 1. The van der Waals surface area contributed by atoms with E-state index in [-0.39, 0.29) is 6.54 Å². The molecule has 0 saturated heterocycles. The van der Waals surface area contributed by atoms with Crippen LogP contribution in [0.4, 0.5) is 13.2 Å². The van der Waals surface area contributed by atoms with Crippen molar-refractivity contribution in [2.45, 2.75) is 37.5 Å². The molecule has 0 spiro atoms. The van der Waals surface area contributed by atoms with Crippen molar-refractivity contribution in [2.75, 3.05) is 7.05 Å². The number of rotatable bonds is 6. The number of nitrogens with one attached hydrogen (secondary N) is 1. The Bertz CT molecular complexity index is 922. The lowest BCUT2D eigenvalue weighted by Crippen LogP contribution is -2.45. The van der Waals surface area contributed by atoms with Gasteiger partial charge in [-0.3, -0.25) is 4.79 Å². The van der Waals surface area contributed by atoms with E-state index >= 15 is 0 Å². The maximum absolute atomic E-state index is 12.8. The maximum Gasteiger partial charge on any atom is 0.416 e. The normalized spacial score (nSPS) is 13.4. The van der Waals surface area contributed by atoms with Gasteiger partial charge in [0.25, 0.3) is 0 Å². The Kier molecular flexibility index (Phi) is 6.01. The molecular weight excluding hydrogens is 385 g/mol. The van der Waals surface area contributed by atoms with Crippen molar-refractivity contribution in [3.8, 4) is 0 Å². The van der Waals surface area contributed by atoms with E-state index in [0.717, 1.165) is 18.2 Å². The average molecular weight is 404 g/mol. The Hall–Kier alpha value is -2.33. The maximum atomic E-state index is 12.8. The summed E-state index contributed by atoms with van der Waals surface area (Å²) in [5, 5.41) is 0. The molecule has 0 bridgehead atoms. The number of furan rings is 1. The summed E-state index contributed by atoms with van der Waals surface area (Å²) in [5.74, 6) is 0.639. The molecule has 1 heterocycles. The number of aryl methyl sites for hydroxylation is 1. The van der Waals surface area contributed by atoms with E-state index in [1.165, 1.54) is 18.9 Å². The lowest BCUT2D eigenvalue weighted by atomic mass is 10.2. The van der Waals surface area contributed by atoms with Crippen LogP contribution in [0.15, 0.2) is 45.7 Å². The Morgan fingerprint density at radius 1 is 1.26 bits per heavy atom. The summed E-state index contributed by atoms with van der Waals surface area (Å²) in [4.78, 5) is 13.1. The summed E-state index contributed by atoms with van der Waals surface area (Å²) < 4.78 is 70.5. The first-order chi connectivity index (χ1) is 12.4. The second-order valence-corrected chi connectivity index (χ2v) is 7.79. The molecule has 27 heavy (non-hydrogen) atoms. The number of halogens is 3. The molecule has 0 saturated carbocycles. The monoisotopic (exact) mass is 404 g/mol. The Morgan fingerprint density at radius 2 is 1.93 bits per heavy atom. The van der Waals surface area contributed by atoms with Crippen molar-refractivity contribution >= 4 is 15.9 Å². The molecule has 2 aromatic rings. The number of hydrogen-bond donors (Lipinski definition) is 1. The van der Waals surface area contributed by atoms with Crippen molar-refractivity contribution in [3.05, 3.63) is 53.5 Å². The summed E-state index contributed by atoms with van der Waals surface area (Å²) in [5.41, 5.74) is -1.09. The van der Waals surface area contributed by atoms with Crippen LogP contribution in [0.25, 0.3) is 0 Å². The first kappa shape index (κ1) is 21.0. The first-order valence-electron chi connectivity index (χ1n) is 7.90. The third kappa shape index (κ3) is 5.33. The van der Waals surface area contributed by atoms with Gasteiger partial charge < -0.3 is 9.32 Å². The van der Waals surface area contributed by atoms with Crippen molar-refractivity contribution in [2.24, 2.45) is 0 Å². The van der Waals surface area contributed by atoms with Crippen LogP contribution in [0.1, 0.15) is 24.0 Å². The zero-order chi connectivity index (χ0) is 20.4. The Morgan fingerprint density at radius 3 is 2.48 bits per heavy atom. The molecule has 1 unspecified atom stereocenters. The Balaban J connectivity index is 2.11. The van der Waals surface area contributed by atoms with Gasteiger partial charge in [0.05, 0.1) is 23.0 Å². The highest BCUT2D eigenvalue weighted by Crippen LogP contribution is 2.30. The van der Waals surface area contributed by atoms with E-state index in [4.69, 9.17) is 4.42 Å². The van der Waals surface area contributed by atoms with Gasteiger partial charge >= 0.3 is 6.18 Å². The molecule has 0 aliphatic rings. The van der Waals surface area contributed by atoms with Crippen LogP contribution in [0.5, 0.6) is 0 Å². The standard InChI is InChI=1S/C17H19F3N2O4S/c1-11-7-8-14(26-11)10-22(3)16(23)12(2)21-27(24,25)15-6-4-5-13(9-15)17(18,19)20/h4-9,12,21H,10H2,1-3H3. The van der Waals surface area contributed by atoms with E-state index in [1.54, 1.807) is 19.1 Å². The molecule has 1 aromatic heterocycles. The van der Waals surface area contributed by atoms with Crippen molar-refractivity contribution in [3.63, 3.8) is 0 Å². The number of hydrogen-bond acceptors (Lipinski definition) is 4. The van der Waals surface area contributed by atoms with Gasteiger partial charge in [-0.1, -0.05) is 6.07 Å². The van der Waals surface area contributed by atoms with Gasteiger partial charge in [-0.15, -0.1) is 0 Å². The van der Waals surface area contributed by atoms with E-state index in [9.17, 15) is 26.4 Å². The highest BCUT2D eigenvalue weighted by Gasteiger charge is 2.32. The first-order valence-corrected chi connectivity index (χ1v) is 9.38. The van der Waals surface area contributed by atoms with Gasteiger partial charge in [0.2, 0.25) is 15.9 Å². The third-order valence-electron chi connectivity index (χ3n) is 3.74. The van der Waals surface area contributed by atoms with Gasteiger partial charge in [-0.25, -0.2) is 8.42 Å². The molecule has 0 aliphatic carbocycles. The smallest absolute Gasteiger partial charge is 0.416 e. The third-order valence-corrected chi connectivity index (χ3v) is 5.28. The average Bonchev–Trinajstić information content (AvgIpc) is 2.98. The van der Waals surface area contributed by atoms with Gasteiger partial charge in [-0.05, 0) is 44.2 Å². The van der Waals surface area contributed by atoms with Crippen LogP contribution < -0.4 is 4.72 Å². The Labute approximate surface area is 155 Å². The fourth-order valence-corrected chi connectivity index (χ4v) is 3.65. The molecule has 0 radical (unpaired) electrons. The van der Waals surface area contributed by atoms with Crippen molar-refractivity contribution in [1.29, 1.82) is 0 Å². The van der Waals surface area contributed by atoms with Crippen LogP contribution in [0.2, 0.25) is 0 Å². The van der Waals surface area contributed by atoms with Gasteiger partial charge in [0.15, 0.2) is 0 Å². The summed E-state index contributed by atoms with van der Waals surface area (Å²) in [7, 11) is -2.84. The molecular formula is C17H19F3N2O4S. The number of likely N-dealkylation sites (N-methyl/N-ethyl adjacent to an activating group) is 1. The van der Waals surface area contributed by atoms with Crippen molar-refractivity contribution < 1.29 is 30.8 Å². The zero-order valence-corrected chi connectivity index (χ0v) is 15.7. The fourth-order valence-electron chi connectivity index (χ4n) is 2.40. The number of benzene rings is 1. The summed E-state index contributed by atoms with van der Waals surface area (Å²) in [6.07, 6.45) is -4.67. The molecule has 1 amide bonds. The molecule has 1 aromatic carbocycles. The molecule has 1 atom stereocenters. The molecule has 0 aliphatic heterocycles. The number of sulfonamides is 1. The van der Waals surface area contributed by atoms with Crippen LogP contribution in [0, 0.1) is 6.92 Å². The lowest BCUT2D eigenvalue weighted by molar-refractivity contribution is -0.137. The number of nitrogens with zero attached hydrogens (tertiary/aromatic N) is 1. The quantitative estimate of drug-likeness (QED) is 0.803. The van der Waals surface area contributed by atoms with Gasteiger partial charge in [0, 0.05) is 7.05 Å². The second-order valence-electron chi connectivity index (χ2n) is 6.08. The predicted octanol–water partition coefficient (Wildman–Crippen LogP) is 2.93. The number of alkyl halides is 3. The van der Waals surface area contributed by atoms with E-state index in [0.29, 0.717) is 17.6 Å². The number of amides is 1. The number of carbonyl (C=O) groups is 1. The minimum atomic E-state index is -4.67. The lowest BCUT2D eigenvalue weighted by Gasteiger charge is -2.21. The SMILES string of the molecule is Cc1ccc(CN(C)C(=O)C(C)NS(=O)(=O)c2cccc(C(F)(F)F)c2)o1. The topological polar surface area (TPSA) is 79.6 Å². The largest absolute Gasteiger partial charge is 0.464 e. The van der Waals surface area contributed by atoms with E-state index in [1.807, 2.05) is 0 Å². The predicted molar refractivity (Wildman–Crippen MR) is 91.1 cm³/mol. The molecule has 6 nitrogen and oxygen atoms in total. The zero-order valence-electron chi connectivity index (χ0n) is 14.9. The van der Waals surface area contributed by atoms with Crippen LogP contribution in [0.3, 0.4) is 0 Å². The molecule has 0 fully saturated rings. The van der Waals surface area contributed by atoms with Crippen molar-refractivity contribution in [1.82, 2.24) is 9.62 Å². The minimum Gasteiger partial charge on any atom is -0.464 e. The highest BCUT2D eigenvalue weighted by atomic mass is 32.2. The summed E-state index contributed by atoms with van der Waals surface area (Å²) in [6, 6.07) is 5.57. The molecule has 10 heteroatoms. The molecule has 1 N–H and O–H groups in total. The van der Waals surface area contributed by atoms with Crippen LogP contribution >= 0.6 is 0 Å². The summed E-state index contributed by atoms with van der Waals surface area (Å²) >= 11 is 0. The highest BCUT2D eigenvalue weighted by molar-refractivity contribution is 7.89. The molecule has 148 valence electrons. The minimum absolute atomic E-state index is 0.127. The van der Waals surface area contributed by atoms with E-state index < -0.39 is 38.6 Å². The second kappa shape index (κ2) is 7.73. The van der Waals surface area contributed by atoms with E-state index in [2.05, 4.69) is 4.72 Å². The van der Waals surface area contributed by atoms with Gasteiger partial charge in [0.1, 0.15) is 11.5 Å². The fraction of sp³-hybridized carbons (Fsp3) is 0.353.